The lowest BCUT2D eigenvalue weighted by Crippen LogP contribution is -2.45. The number of nitrogens with one attached hydrogen (secondary N) is 3. The summed E-state index contributed by atoms with van der Waals surface area (Å²) in [6.07, 6.45) is -3.26. The quantitative estimate of drug-likeness (QED) is 0.475. The van der Waals surface area contributed by atoms with Crippen LogP contribution in [-0.4, -0.2) is 67.8 Å². The summed E-state index contributed by atoms with van der Waals surface area (Å²) < 4.78 is 37.2. The summed E-state index contributed by atoms with van der Waals surface area (Å²) in [6.45, 7) is 6.52. The Labute approximate surface area is 141 Å². The maximum absolute atomic E-state index is 12.4. The van der Waals surface area contributed by atoms with Crippen molar-refractivity contribution in [3.8, 4) is 0 Å². The number of amides is 1. The number of aliphatic imine (C=N–C) groups is 1. The Morgan fingerprint density at radius 1 is 1.38 bits per heavy atom. The lowest BCUT2D eigenvalue weighted by molar-refractivity contribution is -0.143. The van der Waals surface area contributed by atoms with Crippen molar-refractivity contribution in [3.05, 3.63) is 0 Å². The van der Waals surface area contributed by atoms with E-state index in [0.29, 0.717) is 38.6 Å². The van der Waals surface area contributed by atoms with Crippen LogP contribution >= 0.6 is 0 Å². The standard InChI is InChI=1S/C15H28F3N5O/c1-4-19-14(20-7-5-13(24)21-11(2)3)22-12-6-8-23(9-12)10-15(16,17)18/h11-12H,4-10H2,1-3H3,(H,21,24)(H2,19,20,22). The SMILES string of the molecule is CCNC(=NCCC(=O)NC(C)C)NC1CCN(CC(F)(F)F)C1. The van der Waals surface area contributed by atoms with E-state index >= 15 is 0 Å². The van der Waals surface area contributed by atoms with Crippen LogP contribution in [-0.2, 0) is 4.79 Å². The minimum absolute atomic E-state index is 0.0678. The zero-order valence-electron chi connectivity index (χ0n) is 14.5. The Balaban J connectivity index is 2.43. The first-order chi connectivity index (χ1) is 11.2. The first kappa shape index (κ1) is 20.5. The molecule has 1 rings (SSSR count). The zero-order valence-corrected chi connectivity index (χ0v) is 14.5. The molecule has 1 saturated heterocycles. The predicted octanol–water partition coefficient (Wildman–Crippen LogP) is 1.09. The molecule has 1 fully saturated rings. The van der Waals surface area contributed by atoms with E-state index < -0.39 is 12.7 Å². The van der Waals surface area contributed by atoms with Crippen molar-refractivity contribution in [2.24, 2.45) is 4.99 Å². The molecule has 0 aromatic rings. The molecule has 0 aromatic heterocycles. The summed E-state index contributed by atoms with van der Waals surface area (Å²) >= 11 is 0. The molecule has 1 aliphatic heterocycles. The Morgan fingerprint density at radius 3 is 2.67 bits per heavy atom. The normalized spacial score (nSPS) is 19.6. The number of likely N-dealkylation sites (tertiary alicyclic amines) is 1. The molecule has 1 amide bonds. The molecule has 24 heavy (non-hydrogen) atoms. The molecule has 0 radical (unpaired) electrons. The second-order valence-electron chi connectivity index (χ2n) is 6.21. The average molecular weight is 351 g/mol. The van der Waals surface area contributed by atoms with Gasteiger partial charge in [-0.1, -0.05) is 0 Å². The third-order valence-corrected chi connectivity index (χ3v) is 3.42. The highest BCUT2D eigenvalue weighted by Crippen LogP contribution is 2.19. The number of carbonyl (C=O) groups excluding carboxylic acids is 1. The smallest absolute Gasteiger partial charge is 0.357 e. The summed E-state index contributed by atoms with van der Waals surface area (Å²) in [5.74, 6) is 0.468. The van der Waals surface area contributed by atoms with Crippen molar-refractivity contribution >= 4 is 11.9 Å². The number of alkyl halides is 3. The molecule has 1 heterocycles. The first-order valence-electron chi connectivity index (χ1n) is 8.33. The van der Waals surface area contributed by atoms with Gasteiger partial charge in [-0.3, -0.25) is 14.7 Å². The summed E-state index contributed by atoms with van der Waals surface area (Å²) in [6, 6.07) is 0.0144. The van der Waals surface area contributed by atoms with Gasteiger partial charge in [0.1, 0.15) is 0 Å². The van der Waals surface area contributed by atoms with Gasteiger partial charge < -0.3 is 16.0 Å². The molecule has 0 spiro atoms. The van der Waals surface area contributed by atoms with Crippen molar-refractivity contribution in [1.82, 2.24) is 20.9 Å². The molecule has 9 heteroatoms. The van der Waals surface area contributed by atoms with Gasteiger partial charge in [-0.2, -0.15) is 13.2 Å². The molecule has 0 saturated carbocycles. The third-order valence-electron chi connectivity index (χ3n) is 3.42. The van der Waals surface area contributed by atoms with Crippen LogP contribution in [0.5, 0.6) is 0 Å². The minimum Gasteiger partial charge on any atom is -0.357 e. The fourth-order valence-corrected chi connectivity index (χ4v) is 2.52. The number of hydrogen-bond donors (Lipinski definition) is 3. The van der Waals surface area contributed by atoms with Crippen LogP contribution in [0, 0.1) is 0 Å². The maximum Gasteiger partial charge on any atom is 0.401 e. The Kier molecular flexibility index (Phi) is 8.30. The van der Waals surface area contributed by atoms with Gasteiger partial charge in [0.05, 0.1) is 13.1 Å². The highest BCUT2D eigenvalue weighted by molar-refractivity contribution is 5.81. The van der Waals surface area contributed by atoms with Crippen LogP contribution < -0.4 is 16.0 Å². The molecule has 0 bridgehead atoms. The Bertz CT molecular complexity index is 426. The summed E-state index contributed by atoms with van der Waals surface area (Å²) in [7, 11) is 0. The van der Waals surface area contributed by atoms with Crippen molar-refractivity contribution in [1.29, 1.82) is 0 Å². The van der Waals surface area contributed by atoms with Gasteiger partial charge in [-0.05, 0) is 27.2 Å². The van der Waals surface area contributed by atoms with Crippen LogP contribution in [0.1, 0.15) is 33.6 Å². The van der Waals surface area contributed by atoms with Crippen molar-refractivity contribution in [2.75, 3.05) is 32.7 Å². The van der Waals surface area contributed by atoms with Crippen molar-refractivity contribution in [3.63, 3.8) is 0 Å². The summed E-state index contributed by atoms with van der Waals surface area (Å²) in [5, 5.41) is 8.99. The number of guanidine groups is 1. The Morgan fingerprint density at radius 2 is 2.08 bits per heavy atom. The van der Waals surface area contributed by atoms with E-state index in [1.54, 1.807) is 0 Å². The molecule has 6 nitrogen and oxygen atoms in total. The van der Waals surface area contributed by atoms with Crippen LogP contribution in [0.25, 0.3) is 0 Å². The van der Waals surface area contributed by atoms with Crippen LogP contribution in [0.15, 0.2) is 4.99 Å². The second kappa shape index (κ2) is 9.71. The van der Waals surface area contributed by atoms with Gasteiger partial charge in [0.2, 0.25) is 5.91 Å². The van der Waals surface area contributed by atoms with E-state index in [2.05, 4.69) is 20.9 Å². The average Bonchev–Trinajstić information content (AvgIpc) is 2.82. The number of carbonyl (C=O) groups is 1. The number of halogens is 3. The molecule has 3 N–H and O–H groups in total. The van der Waals surface area contributed by atoms with E-state index in [9.17, 15) is 18.0 Å². The molecular formula is C15H28F3N5O. The lowest BCUT2D eigenvalue weighted by atomic mass is 10.3. The van der Waals surface area contributed by atoms with Crippen LogP contribution in [0.2, 0.25) is 0 Å². The minimum atomic E-state index is -4.17. The van der Waals surface area contributed by atoms with E-state index in [1.807, 2.05) is 20.8 Å². The Hall–Kier alpha value is -1.51. The molecule has 140 valence electrons. The highest BCUT2D eigenvalue weighted by atomic mass is 19.4. The van der Waals surface area contributed by atoms with Gasteiger partial charge in [0.25, 0.3) is 0 Å². The molecular weight excluding hydrogens is 323 g/mol. The monoisotopic (exact) mass is 351 g/mol. The molecule has 0 aliphatic carbocycles. The van der Waals surface area contributed by atoms with Crippen molar-refractivity contribution in [2.45, 2.75) is 51.9 Å². The van der Waals surface area contributed by atoms with E-state index in [4.69, 9.17) is 0 Å². The van der Waals surface area contributed by atoms with E-state index in [0.717, 1.165) is 0 Å². The zero-order chi connectivity index (χ0) is 18.2. The predicted molar refractivity (Wildman–Crippen MR) is 87.9 cm³/mol. The largest absolute Gasteiger partial charge is 0.401 e. The summed E-state index contributed by atoms with van der Waals surface area (Å²) in [4.78, 5) is 17.3. The van der Waals surface area contributed by atoms with Crippen molar-refractivity contribution < 1.29 is 18.0 Å². The van der Waals surface area contributed by atoms with E-state index in [-0.39, 0.29) is 24.4 Å². The molecule has 1 atom stereocenters. The number of rotatable bonds is 7. The number of nitrogens with zero attached hydrogens (tertiary/aromatic N) is 2. The lowest BCUT2D eigenvalue weighted by Gasteiger charge is -2.19. The fourth-order valence-electron chi connectivity index (χ4n) is 2.52. The van der Waals surface area contributed by atoms with Crippen LogP contribution in [0.4, 0.5) is 13.2 Å². The molecule has 0 aromatic carbocycles. The molecule has 1 aliphatic rings. The highest BCUT2D eigenvalue weighted by Gasteiger charge is 2.34. The maximum atomic E-state index is 12.4. The summed E-state index contributed by atoms with van der Waals surface area (Å²) in [5.41, 5.74) is 0. The van der Waals surface area contributed by atoms with Gasteiger partial charge >= 0.3 is 6.18 Å². The second-order valence-corrected chi connectivity index (χ2v) is 6.21. The van der Waals surface area contributed by atoms with Gasteiger partial charge in [-0.25, -0.2) is 0 Å². The number of hydrogen-bond acceptors (Lipinski definition) is 3. The van der Waals surface area contributed by atoms with Gasteiger partial charge in [-0.15, -0.1) is 0 Å². The van der Waals surface area contributed by atoms with Crippen LogP contribution in [0.3, 0.4) is 0 Å². The topological polar surface area (TPSA) is 68.8 Å². The third kappa shape index (κ3) is 8.95. The first-order valence-corrected chi connectivity index (χ1v) is 8.33. The molecule has 1 unspecified atom stereocenters. The van der Waals surface area contributed by atoms with Gasteiger partial charge in [0.15, 0.2) is 5.96 Å². The van der Waals surface area contributed by atoms with Gasteiger partial charge in [0, 0.05) is 38.1 Å². The fraction of sp³-hybridized carbons (Fsp3) is 0.867. The van der Waals surface area contributed by atoms with E-state index in [1.165, 1.54) is 4.90 Å².